The molecule has 0 saturated carbocycles. The number of carboxylic acids is 1. The van der Waals surface area contributed by atoms with Crippen LogP contribution in [0, 0.1) is 5.82 Å². The number of carbonyl (C=O) groups is 2. The molecule has 0 aliphatic rings. The van der Waals surface area contributed by atoms with Crippen molar-refractivity contribution in [2.24, 2.45) is 0 Å². The van der Waals surface area contributed by atoms with Crippen molar-refractivity contribution in [2.45, 2.75) is 6.42 Å². The summed E-state index contributed by atoms with van der Waals surface area (Å²) in [6.07, 6.45) is 0.735. The first-order chi connectivity index (χ1) is 9.04. The summed E-state index contributed by atoms with van der Waals surface area (Å²) in [6, 6.07) is 2.54. The van der Waals surface area contributed by atoms with E-state index in [1.807, 2.05) is 0 Å². The summed E-state index contributed by atoms with van der Waals surface area (Å²) in [5.74, 6) is -1.85. The Morgan fingerprint density at radius 3 is 2.68 bits per heavy atom. The molecule has 7 heteroatoms. The van der Waals surface area contributed by atoms with Crippen LogP contribution >= 0.6 is 0 Å². The highest BCUT2D eigenvalue weighted by Crippen LogP contribution is 2.17. The zero-order chi connectivity index (χ0) is 14.3. The van der Waals surface area contributed by atoms with Gasteiger partial charge < -0.3 is 21.1 Å². The van der Waals surface area contributed by atoms with Gasteiger partial charge in [-0.05, 0) is 38.2 Å². The van der Waals surface area contributed by atoms with E-state index in [0.717, 1.165) is 31.2 Å². The molecule has 0 fully saturated rings. The van der Waals surface area contributed by atoms with Gasteiger partial charge in [0.05, 0.1) is 11.3 Å². The first kappa shape index (κ1) is 14.9. The lowest BCUT2D eigenvalue weighted by Crippen LogP contribution is -2.31. The maximum atomic E-state index is 13.0. The van der Waals surface area contributed by atoms with Gasteiger partial charge in [-0.1, -0.05) is 0 Å². The largest absolute Gasteiger partial charge is 0.478 e. The molecule has 0 saturated heterocycles. The predicted octanol–water partition coefficient (Wildman–Crippen LogP) is 1.25. The molecule has 19 heavy (non-hydrogen) atoms. The number of rotatable bonds is 6. The van der Waals surface area contributed by atoms with Gasteiger partial charge in [-0.25, -0.2) is 14.0 Å². The molecule has 1 rings (SSSR count). The van der Waals surface area contributed by atoms with E-state index in [2.05, 4.69) is 16.0 Å². The second kappa shape index (κ2) is 7.32. The number of carboxylic acid groups (broad SMARTS) is 1. The summed E-state index contributed by atoms with van der Waals surface area (Å²) < 4.78 is 13.0. The number of benzene rings is 1. The molecule has 0 radical (unpaired) electrons. The van der Waals surface area contributed by atoms with E-state index < -0.39 is 17.8 Å². The quantitative estimate of drug-likeness (QED) is 0.585. The van der Waals surface area contributed by atoms with Gasteiger partial charge in [0.15, 0.2) is 0 Å². The average Bonchev–Trinajstić information content (AvgIpc) is 2.34. The summed E-state index contributed by atoms with van der Waals surface area (Å²) in [5.41, 5.74) is -0.231. The zero-order valence-electron chi connectivity index (χ0n) is 10.5. The standard InChI is InChI=1S/C12H16FN3O3/c1-14-5-2-6-15-12(19)16-10-7-8(13)3-4-9(10)11(17)18/h3-4,7,14H,2,5-6H2,1H3,(H,17,18)(H2,15,16,19). The summed E-state index contributed by atoms with van der Waals surface area (Å²) in [4.78, 5) is 22.4. The van der Waals surface area contributed by atoms with Gasteiger partial charge in [0, 0.05) is 6.54 Å². The lowest BCUT2D eigenvalue weighted by molar-refractivity contribution is 0.0698. The van der Waals surface area contributed by atoms with E-state index in [1.54, 1.807) is 7.05 Å². The molecule has 1 aromatic rings. The van der Waals surface area contributed by atoms with Gasteiger partial charge in [-0.3, -0.25) is 0 Å². The molecule has 6 nitrogen and oxygen atoms in total. The first-order valence-corrected chi connectivity index (χ1v) is 5.77. The number of anilines is 1. The number of carbonyl (C=O) groups excluding carboxylic acids is 1. The van der Waals surface area contributed by atoms with Crippen LogP contribution in [0.2, 0.25) is 0 Å². The molecule has 0 heterocycles. The molecule has 0 aliphatic heterocycles. The number of hydrogen-bond donors (Lipinski definition) is 4. The van der Waals surface area contributed by atoms with Gasteiger partial charge in [0.1, 0.15) is 5.82 Å². The number of hydrogen-bond acceptors (Lipinski definition) is 3. The van der Waals surface area contributed by atoms with Gasteiger partial charge in [-0.2, -0.15) is 0 Å². The van der Waals surface area contributed by atoms with Crippen molar-refractivity contribution in [1.29, 1.82) is 0 Å². The van der Waals surface area contributed by atoms with Crippen molar-refractivity contribution >= 4 is 17.7 Å². The average molecular weight is 269 g/mol. The fraction of sp³-hybridized carbons (Fsp3) is 0.333. The van der Waals surface area contributed by atoms with Crippen molar-refractivity contribution in [3.8, 4) is 0 Å². The van der Waals surface area contributed by atoms with E-state index in [1.165, 1.54) is 0 Å². The monoisotopic (exact) mass is 269 g/mol. The molecule has 0 aliphatic carbocycles. The Morgan fingerprint density at radius 2 is 2.05 bits per heavy atom. The number of nitrogens with one attached hydrogen (secondary N) is 3. The molecule has 0 spiro atoms. The van der Waals surface area contributed by atoms with E-state index in [-0.39, 0.29) is 11.3 Å². The summed E-state index contributed by atoms with van der Waals surface area (Å²) in [5, 5.41) is 16.7. The highest BCUT2D eigenvalue weighted by Gasteiger charge is 2.13. The SMILES string of the molecule is CNCCCNC(=O)Nc1cc(F)ccc1C(=O)O. The molecule has 0 bridgehead atoms. The van der Waals surface area contributed by atoms with E-state index >= 15 is 0 Å². The summed E-state index contributed by atoms with van der Waals surface area (Å²) >= 11 is 0. The highest BCUT2D eigenvalue weighted by molar-refractivity contribution is 5.99. The lowest BCUT2D eigenvalue weighted by atomic mass is 10.2. The molecule has 0 atom stereocenters. The first-order valence-electron chi connectivity index (χ1n) is 5.77. The molecule has 104 valence electrons. The van der Waals surface area contributed by atoms with Crippen LogP contribution < -0.4 is 16.0 Å². The second-order valence-electron chi connectivity index (χ2n) is 3.83. The van der Waals surface area contributed by atoms with E-state index in [9.17, 15) is 14.0 Å². The molecule has 4 N–H and O–H groups in total. The normalized spacial score (nSPS) is 10.0. The maximum absolute atomic E-state index is 13.0. The number of amides is 2. The smallest absolute Gasteiger partial charge is 0.337 e. The minimum absolute atomic E-state index is 0.0707. The van der Waals surface area contributed by atoms with Crippen LogP contribution in [0.4, 0.5) is 14.9 Å². The number of aromatic carboxylic acids is 1. The van der Waals surface area contributed by atoms with Crippen LogP contribution in [0.15, 0.2) is 18.2 Å². The Hall–Kier alpha value is -2.15. The van der Waals surface area contributed by atoms with Crippen LogP contribution in [-0.4, -0.2) is 37.2 Å². The summed E-state index contributed by atoms with van der Waals surface area (Å²) in [6.45, 7) is 1.19. The minimum Gasteiger partial charge on any atom is -0.478 e. The molecular weight excluding hydrogens is 253 g/mol. The van der Waals surface area contributed by atoms with Gasteiger partial charge in [-0.15, -0.1) is 0 Å². The van der Waals surface area contributed by atoms with Crippen LogP contribution in [0.1, 0.15) is 16.8 Å². The molecule has 1 aromatic carbocycles. The summed E-state index contributed by atoms with van der Waals surface area (Å²) in [7, 11) is 1.80. The van der Waals surface area contributed by atoms with Crippen LogP contribution in [0.25, 0.3) is 0 Å². The second-order valence-corrected chi connectivity index (χ2v) is 3.83. The third kappa shape index (κ3) is 4.92. The predicted molar refractivity (Wildman–Crippen MR) is 68.9 cm³/mol. The molecule has 0 unspecified atom stereocenters. The van der Waals surface area contributed by atoms with E-state index in [0.29, 0.717) is 6.54 Å². The van der Waals surface area contributed by atoms with Gasteiger partial charge >= 0.3 is 12.0 Å². The zero-order valence-corrected chi connectivity index (χ0v) is 10.5. The fourth-order valence-electron chi connectivity index (χ4n) is 1.44. The maximum Gasteiger partial charge on any atom is 0.337 e. The Morgan fingerprint density at radius 1 is 1.32 bits per heavy atom. The van der Waals surface area contributed by atoms with Crippen molar-refractivity contribution in [3.63, 3.8) is 0 Å². The van der Waals surface area contributed by atoms with Crippen molar-refractivity contribution in [1.82, 2.24) is 10.6 Å². The number of urea groups is 1. The Balaban J connectivity index is 2.62. The minimum atomic E-state index is -1.23. The Kier molecular flexibility index (Phi) is 5.74. The van der Waals surface area contributed by atoms with Crippen molar-refractivity contribution < 1.29 is 19.1 Å². The third-order valence-electron chi connectivity index (χ3n) is 2.35. The fourth-order valence-corrected chi connectivity index (χ4v) is 1.44. The van der Waals surface area contributed by atoms with Crippen molar-refractivity contribution in [2.75, 3.05) is 25.5 Å². The molecular formula is C12H16FN3O3. The van der Waals surface area contributed by atoms with Crippen molar-refractivity contribution in [3.05, 3.63) is 29.6 Å². The topological polar surface area (TPSA) is 90.5 Å². The Bertz CT molecular complexity index is 466. The van der Waals surface area contributed by atoms with E-state index in [4.69, 9.17) is 5.11 Å². The van der Waals surface area contributed by atoms with Crippen LogP contribution in [0.3, 0.4) is 0 Å². The number of halogens is 1. The van der Waals surface area contributed by atoms with Crippen LogP contribution in [-0.2, 0) is 0 Å². The molecule has 0 aromatic heterocycles. The van der Waals surface area contributed by atoms with Gasteiger partial charge in [0.2, 0.25) is 0 Å². The van der Waals surface area contributed by atoms with Gasteiger partial charge in [0.25, 0.3) is 0 Å². The highest BCUT2D eigenvalue weighted by atomic mass is 19.1. The molecule has 2 amide bonds. The third-order valence-corrected chi connectivity index (χ3v) is 2.35. The van der Waals surface area contributed by atoms with Crippen LogP contribution in [0.5, 0.6) is 0 Å². The Labute approximate surface area is 110 Å². The lowest BCUT2D eigenvalue weighted by Gasteiger charge is -2.10.